The standard InChI is InChI=1S/C48H29NO2S/c1-2-13-30(14-3-1)32-28-27-31(29-40(32)39-21-10-20-38-35-17-6-9-26-45(35)52-48(38)39)49(41-22-11-18-36-33-15-4-7-24-43(33)50-46(36)41)42-23-12-19-37-34-16-5-8-25-44(34)51-47(37)42/h1-29H. The molecule has 3 heterocycles. The lowest BCUT2D eigenvalue weighted by Gasteiger charge is -2.27. The lowest BCUT2D eigenvalue weighted by Crippen LogP contribution is -2.11. The van der Waals surface area contributed by atoms with Gasteiger partial charge >= 0.3 is 0 Å². The van der Waals surface area contributed by atoms with Crippen LogP contribution in [-0.4, -0.2) is 0 Å². The van der Waals surface area contributed by atoms with Gasteiger partial charge in [-0.25, -0.2) is 0 Å². The number of anilines is 3. The number of furan rings is 2. The summed E-state index contributed by atoms with van der Waals surface area (Å²) >= 11 is 1.86. The molecule has 52 heavy (non-hydrogen) atoms. The van der Waals surface area contributed by atoms with E-state index in [0.29, 0.717) is 0 Å². The molecule has 0 spiro atoms. The second-order valence-corrected chi connectivity index (χ2v) is 14.3. The molecule has 4 heteroatoms. The first-order valence-corrected chi connectivity index (χ1v) is 18.3. The normalized spacial score (nSPS) is 11.8. The fourth-order valence-corrected chi connectivity index (χ4v) is 9.18. The van der Waals surface area contributed by atoms with E-state index in [1.165, 1.54) is 42.4 Å². The second-order valence-electron chi connectivity index (χ2n) is 13.2. The van der Waals surface area contributed by atoms with Crippen LogP contribution < -0.4 is 4.90 Å². The molecule has 11 aromatic rings. The third-order valence-corrected chi connectivity index (χ3v) is 11.5. The number of benzene rings is 8. The van der Waals surface area contributed by atoms with Gasteiger partial charge in [0, 0.05) is 53.0 Å². The van der Waals surface area contributed by atoms with Crippen molar-refractivity contribution < 1.29 is 8.83 Å². The molecular formula is C48H29NO2S. The Balaban J connectivity index is 1.24. The van der Waals surface area contributed by atoms with Crippen LogP contribution in [0.4, 0.5) is 17.1 Å². The zero-order chi connectivity index (χ0) is 34.2. The van der Waals surface area contributed by atoms with E-state index < -0.39 is 0 Å². The molecule has 244 valence electrons. The fraction of sp³-hybridized carbons (Fsp3) is 0. The molecule has 0 aliphatic carbocycles. The molecule has 0 unspecified atom stereocenters. The maximum atomic E-state index is 6.71. The minimum atomic E-state index is 0.831. The van der Waals surface area contributed by atoms with E-state index in [1.54, 1.807) is 0 Å². The van der Waals surface area contributed by atoms with Crippen LogP contribution in [0.1, 0.15) is 0 Å². The number of fused-ring (bicyclic) bond motifs is 9. The largest absolute Gasteiger partial charge is 0.454 e. The molecule has 8 aromatic carbocycles. The van der Waals surface area contributed by atoms with Gasteiger partial charge in [-0.3, -0.25) is 0 Å². The Labute approximate surface area is 303 Å². The number of hydrogen-bond donors (Lipinski definition) is 0. The summed E-state index contributed by atoms with van der Waals surface area (Å²) < 4.78 is 16.0. The van der Waals surface area contributed by atoms with Gasteiger partial charge in [-0.15, -0.1) is 11.3 Å². The van der Waals surface area contributed by atoms with Crippen molar-refractivity contribution in [3.8, 4) is 22.3 Å². The first-order chi connectivity index (χ1) is 25.8. The molecule has 0 amide bonds. The fourth-order valence-electron chi connectivity index (χ4n) is 7.95. The van der Waals surface area contributed by atoms with Gasteiger partial charge in [0.25, 0.3) is 0 Å². The van der Waals surface area contributed by atoms with Crippen LogP contribution in [0.2, 0.25) is 0 Å². The Morgan fingerprint density at radius 1 is 0.385 bits per heavy atom. The lowest BCUT2D eigenvalue weighted by molar-refractivity contribution is 0.666. The van der Waals surface area contributed by atoms with Crippen molar-refractivity contribution in [3.63, 3.8) is 0 Å². The van der Waals surface area contributed by atoms with Crippen molar-refractivity contribution in [1.29, 1.82) is 0 Å². The molecule has 0 bridgehead atoms. The van der Waals surface area contributed by atoms with Gasteiger partial charge in [0.1, 0.15) is 11.2 Å². The Morgan fingerprint density at radius 2 is 0.942 bits per heavy atom. The molecular weight excluding hydrogens is 655 g/mol. The maximum Gasteiger partial charge on any atom is 0.159 e. The van der Waals surface area contributed by atoms with Gasteiger partial charge in [0.15, 0.2) is 11.2 Å². The molecule has 0 aliphatic heterocycles. The van der Waals surface area contributed by atoms with Crippen LogP contribution in [0.25, 0.3) is 86.3 Å². The first kappa shape index (κ1) is 29.1. The molecule has 0 saturated heterocycles. The molecule has 0 radical (unpaired) electrons. The quantitative estimate of drug-likeness (QED) is 0.181. The topological polar surface area (TPSA) is 29.5 Å². The van der Waals surface area contributed by atoms with E-state index in [1.807, 2.05) is 35.6 Å². The van der Waals surface area contributed by atoms with E-state index in [2.05, 4.69) is 157 Å². The van der Waals surface area contributed by atoms with Crippen molar-refractivity contribution in [2.24, 2.45) is 0 Å². The van der Waals surface area contributed by atoms with Crippen molar-refractivity contribution in [2.45, 2.75) is 0 Å². The summed E-state index contributed by atoms with van der Waals surface area (Å²) in [7, 11) is 0. The highest BCUT2D eigenvalue weighted by molar-refractivity contribution is 7.26. The third kappa shape index (κ3) is 4.38. The summed E-state index contributed by atoms with van der Waals surface area (Å²) in [6.07, 6.45) is 0. The summed E-state index contributed by atoms with van der Waals surface area (Å²) in [6, 6.07) is 62.4. The minimum Gasteiger partial charge on any atom is -0.454 e. The molecule has 0 fully saturated rings. The molecule has 0 saturated carbocycles. The number of rotatable bonds is 5. The third-order valence-electron chi connectivity index (χ3n) is 10.3. The number of para-hydroxylation sites is 4. The number of nitrogens with zero attached hydrogens (tertiary/aromatic N) is 1. The Kier molecular flexibility index (Phi) is 6.42. The summed E-state index contributed by atoms with van der Waals surface area (Å²) in [4.78, 5) is 2.32. The summed E-state index contributed by atoms with van der Waals surface area (Å²) in [5.41, 5.74) is 11.0. The van der Waals surface area contributed by atoms with Crippen LogP contribution in [-0.2, 0) is 0 Å². The SMILES string of the molecule is c1ccc(-c2ccc(N(c3cccc4c3oc3ccccc34)c3cccc4c3oc3ccccc34)cc2-c2cccc3c2sc2ccccc23)cc1. The van der Waals surface area contributed by atoms with Crippen molar-refractivity contribution in [3.05, 3.63) is 176 Å². The lowest BCUT2D eigenvalue weighted by atomic mass is 9.92. The molecule has 3 aromatic heterocycles. The zero-order valence-corrected chi connectivity index (χ0v) is 28.7. The molecule has 0 atom stereocenters. The molecule has 0 aliphatic rings. The van der Waals surface area contributed by atoms with Crippen molar-refractivity contribution >= 4 is 92.4 Å². The van der Waals surface area contributed by atoms with Crippen LogP contribution in [0, 0.1) is 0 Å². The van der Waals surface area contributed by atoms with E-state index in [0.717, 1.165) is 60.9 Å². The number of hydrogen-bond acceptors (Lipinski definition) is 4. The van der Waals surface area contributed by atoms with Gasteiger partial charge in [-0.05, 0) is 59.2 Å². The average molecular weight is 684 g/mol. The van der Waals surface area contributed by atoms with Crippen LogP contribution in [0.15, 0.2) is 185 Å². The Bertz CT molecular complexity index is 3030. The summed E-state index contributed by atoms with van der Waals surface area (Å²) in [5, 5.41) is 6.91. The van der Waals surface area contributed by atoms with Crippen molar-refractivity contribution in [1.82, 2.24) is 0 Å². The predicted octanol–water partition coefficient (Wildman–Crippen LogP) is 14.7. The number of thiophene rings is 1. The van der Waals surface area contributed by atoms with E-state index in [4.69, 9.17) is 8.83 Å². The molecule has 0 N–H and O–H groups in total. The summed E-state index contributed by atoms with van der Waals surface area (Å²) in [5.74, 6) is 0. The maximum absolute atomic E-state index is 6.71. The van der Waals surface area contributed by atoms with Gasteiger partial charge < -0.3 is 13.7 Å². The monoisotopic (exact) mass is 683 g/mol. The van der Waals surface area contributed by atoms with Gasteiger partial charge in [-0.2, -0.15) is 0 Å². The van der Waals surface area contributed by atoms with Crippen LogP contribution in [0.3, 0.4) is 0 Å². The smallest absolute Gasteiger partial charge is 0.159 e. The van der Waals surface area contributed by atoms with E-state index in [-0.39, 0.29) is 0 Å². The Hall–Kier alpha value is -6.62. The second kappa shape index (κ2) is 11.5. The highest BCUT2D eigenvalue weighted by Gasteiger charge is 2.25. The highest BCUT2D eigenvalue weighted by Crippen LogP contribution is 2.49. The first-order valence-electron chi connectivity index (χ1n) is 17.5. The van der Waals surface area contributed by atoms with E-state index in [9.17, 15) is 0 Å². The van der Waals surface area contributed by atoms with Crippen LogP contribution in [0.5, 0.6) is 0 Å². The average Bonchev–Trinajstić information content (AvgIpc) is 3.90. The summed E-state index contributed by atoms with van der Waals surface area (Å²) in [6.45, 7) is 0. The van der Waals surface area contributed by atoms with Gasteiger partial charge in [-0.1, -0.05) is 133 Å². The predicted molar refractivity (Wildman–Crippen MR) is 219 cm³/mol. The van der Waals surface area contributed by atoms with Crippen molar-refractivity contribution in [2.75, 3.05) is 4.90 Å². The van der Waals surface area contributed by atoms with Crippen LogP contribution >= 0.6 is 11.3 Å². The minimum absolute atomic E-state index is 0.831. The van der Waals surface area contributed by atoms with Gasteiger partial charge in [0.2, 0.25) is 0 Å². The Morgan fingerprint density at radius 3 is 1.63 bits per heavy atom. The zero-order valence-electron chi connectivity index (χ0n) is 27.9. The molecule has 11 rings (SSSR count). The molecule has 3 nitrogen and oxygen atoms in total. The van der Waals surface area contributed by atoms with E-state index >= 15 is 0 Å². The highest BCUT2D eigenvalue weighted by atomic mass is 32.1. The van der Waals surface area contributed by atoms with Gasteiger partial charge in [0.05, 0.1) is 11.4 Å².